The van der Waals surface area contributed by atoms with Gasteiger partial charge < -0.3 is 4.52 Å². The molecule has 4 heteroatoms. The molecule has 1 aromatic heterocycles. The van der Waals surface area contributed by atoms with Gasteiger partial charge in [0.25, 0.3) is 5.22 Å². The van der Waals surface area contributed by atoms with E-state index >= 15 is 0 Å². The van der Waals surface area contributed by atoms with Gasteiger partial charge >= 0.3 is 0 Å². The van der Waals surface area contributed by atoms with Crippen LogP contribution in [0.1, 0.15) is 6.92 Å². The third-order valence-electron chi connectivity index (χ3n) is 1.71. The van der Waals surface area contributed by atoms with Gasteiger partial charge in [-0.05, 0) is 5.75 Å². The van der Waals surface area contributed by atoms with Crippen molar-refractivity contribution in [3.63, 3.8) is 0 Å². The van der Waals surface area contributed by atoms with E-state index in [1.165, 1.54) is 0 Å². The number of aromatic nitrogens is 2. The summed E-state index contributed by atoms with van der Waals surface area (Å²) in [7, 11) is 0. The predicted octanol–water partition coefficient (Wildman–Crippen LogP) is 2.85. The third-order valence-corrected chi connectivity index (χ3v) is 2.41. The molecule has 1 aromatic carbocycles. The average Bonchev–Trinajstić information content (AvgIpc) is 2.68. The van der Waals surface area contributed by atoms with E-state index in [2.05, 4.69) is 17.1 Å². The van der Waals surface area contributed by atoms with Gasteiger partial charge in [0, 0.05) is 5.56 Å². The maximum Gasteiger partial charge on any atom is 0.286 e. The van der Waals surface area contributed by atoms with Crippen LogP contribution in [0.15, 0.2) is 40.1 Å². The summed E-state index contributed by atoms with van der Waals surface area (Å²) >= 11 is 1.55. The fraction of sp³-hybridized carbons (Fsp3) is 0.200. The zero-order chi connectivity index (χ0) is 9.80. The summed E-state index contributed by atoms with van der Waals surface area (Å²) in [4.78, 5) is 4.26. The van der Waals surface area contributed by atoms with E-state index in [4.69, 9.17) is 4.52 Å². The molecule has 0 saturated carbocycles. The van der Waals surface area contributed by atoms with E-state index < -0.39 is 0 Å². The quantitative estimate of drug-likeness (QED) is 0.724. The zero-order valence-electron chi connectivity index (χ0n) is 7.80. The first-order valence-corrected chi connectivity index (χ1v) is 5.40. The molecular formula is C10H10N2OS. The zero-order valence-corrected chi connectivity index (χ0v) is 8.62. The summed E-state index contributed by atoms with van der Waals surface area (Å²) in [5.41, 5.74) is 0.985. The lowest BCUT2D eigenvalue weighted by Crippen LogP contribution is -1.78. The van der Waals surface area contributed by atoms with Crippen molar-refractivity contribution >= 4 is 11.8 Å². The molecule has 3 nitrogen and oxygen atoms in total. The minimum absolute atomic E-state index is 0.631. The molecule has 0 atom stereocenters. The highest BCUT2D eigenvalue weighted by molar-refractivity contribution is 7.99. The smallest absolute Gasteiger partial charge is 0.286 e. The summed E-state index contributed by atoms with van der Waals surface area (Å²) in [6, 6.07) is 9.80. The second kappa shape index (κ2) is 4.28. The Morgan fingerprint density at radius 2 is 2.07 bits per heavy atom. The molecule has 0 N–H and O–H groups in total. The van der Waals surface area contributed by atoms with Gasteiger partial charge in [0.15, 0.2) is 0 Å². The summed E-state index contributed by atoms with van der Waals surface area (Å²) in [6.07, 6.45) is 0. The van der Waals surface area contributed by atoms with Crippen LogP contribution < -0.4 is 0 Å². The molecule has 14 heavy (non-hydrogen) atoms. The molecule has 0 aliphatic heterocycles. The molecule has 2 rings (SSSR count). The van der Waals surface area contributed by atoms with Crippen molar-refractivity contribution in [1.29, 1.82) is 0 Å². The van der Waals surface area contributed by atoms with Gasteiger partial charge in [-0.3, -0.25) is 0 Å². The van der Waals surface area contributed by atoms with Crippen LogP contribution in [0.4, 0.5) is 0 Å². The highest BCUT2D eigenvalue weighted by Crippen LogP contribution is 2.20. The van der Waals surface area contributed by atoms with Crippen LogP contribution in [0.3, 0.4) is 0 Å². The first kappa shape index (κ1) is 9.27. The number of benzene rings is 1. The highest BCUT2D eigenvalue weighted by Gasteiger charge is 2.06. The van der Waals surface area contributed by atoms with Gasteiger partial charge in [-0.15, -0.1) is 0 Å². The van der Waals surface area contributed by atoms with Crippen LogP contribution >= 0.6 is 11.8 Å². The van der Waals surface area contributed by atoms with E-state index in [-0.39, 0.29) is 0 Å². The minimum atomic E-state index is 0.631. The SMILES string of the molecule is CCSc1nc(-c2ccccc2)no1. The first-order chi connectivity index (χ1) is 6.90. The second-order valence-corrected chi connectivity index (χ2v) is 3.90. The molecule has 0 aliphatic carbocycles. The van der Waals surface area contributed by atoms with E-state index in [1.807, 2.05) is 30.3 Å². The molecule has 0 aliphatic rings. The van der Waals surface area contributed by atoms with Gasteiger partial charge in [-0.25, -0.2) is 0 Å². The lowest BCUT2D eigenvalue weighted by atomic mass is 10.2. The Morgan fingerprint density at radius 3 is 2.79 bits per heavy atom. The van der Waals surface area contributed by atoms with Crippen LogP contribution in [0, 0.1) is 0 Å². The van der Waals surface area contributed by atoms with Gasteiger partial charge in [-0.1, -0.05) is 54.2 Å². The Labute approximate surface area is 86.5 Å². The van der Waals surface area contributed by atoms with Crippen molar-refractivity contribution in [2.24, 2.45) is 0 Å². The van der Waals surface area contributed by atoms with Gasteiger partial charge in [0.05, 0.1) is 0 Å². The summed E-state index contributed by atoms with van der Waals surface area (Å²) in [5, 5.41) is 4.53. The summed E-state index contributed by atoms with van der Waals surface area (Å²) < 4.78 is 5.06. The largest absolute Gasteiger partial charge is 0.327 e. The lowest BCUT2D eigenvalue weighted by molar-refractivity contribution is 0.341. The maximum absolute atomic E-state index is 5.06. The van der Waals surface area contributed by atoms with Crippen molar-refractivity contribution in [3.8, 4) is 11.4 Å². The first-order valence-electron chi connectivity index (χ1n) is 4.42. The molecule has 0 bridgehead atoms. The van der Waals surface area contributed by atoms with Gasteiger partial charge in [-0.2, -0.15) is 4.98 Å². The molecule has 0 spiro atoms. The van der Waals surface area contributed by atoms with E-state index in [0.717, 1.165) is 11.3 Å². The molecule has 2 aromatic rings. The Balaban J connectivity index is 2.25. The van der Waals surface area contributed by atoms with Crippen molar-refractivity contribution in [2.45, 2.75) is 12.1 Å². The fourth-order valence-corrected chi connectivity index (χ4v) is 1.58. The van der Waals surface area contributed by atoms with Gasteiger partial charge in [0.1, 0.15) is 0 Å². The highest BCUT2D eigenvalue weighted by atomic mass is 32.2. The molecule has 0 amide bonds. The fourth-order valence-electron chi connectivity index (χ4n) is 1.10. The minimum Gasteiger partial charge on any atom is -0.327 e. The standard InChI is InChI=1S/C10H10N2OS/c1-2-14-10-11-9(12-13-10)8-6-4-3-5-7-8/h3-7H,2H2,1H3. The number of hydrogen-bond acceptors (Lipinski definition) is 4. The van der Waals surface area contributed by atoms with Crippen molar-refractivity contribution in [1.82, 2.24) is 10.1 Å². The average molecular weight is 206 g/mol. The van der Waals surface area contributed by atoms with Crippen molar-refractivity contribution in [2.75, 3.05) is 5.75 Å². The van der Waals surface area contributed by atoms with Crippen LogP contribution in [0.25, 0.3) is 11.4 Å². The number of nitrogens with zero attached hydrogens (tertiary/aromatic N) is 2. The Bertz CT molecular complexity index is 400. The lowest BCUT2D eigenvalue weighted by Gasteiger charge is -1.90. The van der Waals surface area contributed by atoms with Crippen molar-refractivity contribution in [3.05, 3.63) is 30.3 Å². The van der Waals surface area contributed by atoms with Crippen LogP contribution in [0.2, 0.25) is 0 Å². The van der Waals surface area contributed by atoms with Crippen LogP contribution in [-0.2, 0) is 0 Å². The molecule has 0 fully saturated rings. The summed E-state index contributed by atoms with van der Waals surface area (Å²) in [6.45, 7) is 2.05. The Hall–Kier alpha value is -1.29. The van der Waals surface area contributed by atoms with Crippen molar-refractivity contribution < 1.29 is 4.52 Å². The second-order valence-electron chi connectivity index (χ2n) is 2.68. The molecule has 0 unspecified atom stereocenters. The van der Waals surface area contributed by atoms with Crippen LogP contribution in [-0.4, -0.2) is 15.9 Å². The number of rotatable bonds is 3. The normalized spacial score (nSPS) is 10.4. The van der Waals surface area contributed by atoms with E-state index in [0.29, 0.717) is 11.0 Å². The molecule has 1 heterocycles. The monoisotopic (exact) mass is 206 g/mol. The van der Waals surface area contributed by atoms with E-state index in [9.17, 15) is 0 Å². The predicted molar refractivity (Wildman–Crippen MR) is 56.1 cm³/mol. The number of thioether (sulfide) groups is 1. The van der Waals surface area contributed by atoms with E-state index in [1.54, 1.807) is 11.8 Å². The Morgan fingerprint density at radius 1 is 1.29 bits per heavy atom. The summed E-state index contributed by atoms with van der Waals surface area (Å²) in [5.74, 6) is 1.60. The molecule has 0 radical (unpaired) electrons. The van der Waals surface area contributed by atoms with Gasteiger partial charge in [0.2, 0.25) is 5.82 Å². The molecule has 72 valence electrons. The van der Waals surface area contributed by atoms with Crippen LogP contribution in [0.5, 0.6) is 0 Å². The maximum atomic E-state index is 5.06. The number of hydrogen-bond donors (Lipinski definition) is 0. The molecule has 0 saturated heterocycles. The third kappa shape index (κ3) is 1.96. The Kier molecular flexibility index (Phi) is 2.84. The molecular weight excluding hydrogens is 196 g/mol. The topological polar surface area (TPSA) is 38.9 Å².